The van der Waals surface area contributed by atoms with E-state index in [1.807, 2.05) is 55.5 Å². The van der Waals surface area contributed by atoms with Gasteiger partial charge in [0.25, 0.3) is 11.8 Å². The number of para-hydroxylation sites is 1. The Kier molecular flexibility index (Phi) is 10.6. The van der Waals surface area contributed by atoms with Crippen molar-refractivity contribution in [3.8, 4) is 17.6 Å². The zero-order chi connectivity index (χ0) is 37.9. The lowest BCUT2D eigenvalue weighted by Gasteiger charge is -2.35. The standard InChI is InChI=1S/C38H39N7O7S/c1-23-19-27(52-26-10-6-5-7-11-26)12-13-28(23)45-29-14-15-40-34-30(29)31(42-36(45)48)32(53-34)33(46)41-25-9-8-16-43(22-25)35(47)24(21-39)20-38(2,3)44(37(49)50)17-18-51-4/h5-7,10-15,19-20,25H,8-9,16-18,22H2,1-4H3,(H,41,46)(H,42,48)(H,49,50). The first-order valence-corrected chi connectivity index (χ1v) is 17.8. The van der Waals surface area contributed by atoms with Crippen LogP contribution in [0.3, 0.4) is 0 Å². The molecule has 2 aliphatic rings. The van der Waals surface area contributed by atoms with Crippen LogP contribution < -0.4 is 20.3 Å². The molecule has 6 rings (SSSR count). The number of ether oxygens (including phenoxy) is 2. The summed E-state index contributed by atoms with van der Waals surface area (Å²) in [7, 11) is 1.46. The second kappa shape index (κ2) is 15.3. The van der Waals surface area contributed by atoms with Gasteiger partial charge in [-0.05, 0) is 81.7 Å². The van der Waals surface area contributed by atoms with Gasteiger partial charge in [-0.3, -0.25) is 19.4 Å². The highest BCUT2D eigenvalue weighted by Crippen LogP contribution is 2.46. The number of carbonyl (C=O) groups is 4. The fraction of sp³-hybridized carbons (Fsp3) is 0.316. The van der Waals surface area contributed by atoms with Crippen LogP contribution in [0.25, 0.3) is 10.2 Å². The van der Waals surface area contributed by atoms with Crippen LogP contribution in [-0.2, 0) is 9.53 Å². The third-order valence-corrected chi connectivity index (χ3v) is 10.3. The van der Waals surface area contributed by atoms with E-state index in [0.717, 1.165) is 21.8 Å². The molecule has 274 valence electrons. The van der Waals surface area contributed by atoms with Gasteiger partial charge in [-0.1, -0.05) is 18.2 Å². The summed E-state index contributed by atoms with van der Waals surface area (Å²) in [6, 6.07) is 17.7. The first-order valence-electron chi connectivity index (χ1n) is 17.0. The maximum atomic E-state index is 13.8. The third-order valence-electron chi connectivity index (χ3n) is 9.18. The predicted molar refractivity (Wildman–Crippen MR) is 200 cm³/mol. The molecule has 2 aromatic carbocycles. The summed E-state index contributed by atoms with van der Waals surface area (Å²) in [6.07, 6.45) is 2.91. The van der Waals surface area contributed by atoms with Gasteiger partial charge in [-0.2, -0.15) is 5.26 Å². The van der Waals surface area contributed by atoms with Gasteiger partial charge in [0, 0.05) is 39.0 Å². The van der Waals surface area contributed by atoms with Crippen molar-refractivity contribution in [1.82, 2.24) is 20.1 Å². The zero-order valence-electron chi connectivity index (χ0n) is 29.7. The number of anilines is 3. The lowest BCUT2D eigenvalue weighted by atomic mass is 9.97. The fourth-order valence-electron chi connectivity index (χ4n) is 6.64. The number of benzene rings is 2. The van der Waals surface area contributed by atoms with Gasteiger partial charge in [0.2, 0.25) is 0 Å². The van der Waals surface area contributed by atoms with Crippen molar-refractivity contribution in [3.63, 3.8) is 0 Å². The Balaban J connectivity index is 1.20. The van der Waals surface area contributed by atoms with Gasteiger partial charge >= 0.3 is 12.1 Å². The fourth-order valence-corrected chi connectivity index (χ4v) is 7.66. The minimum atomic E-state index is -1.21. The molecule has 14 nitrogen and oxygen atoms in total. The summed E-state index contributed by atoms with van der Waals surface area (Å²) >= 11 is 1.16. The number of nitriles is 1. The minimum absolute atomic E-state index is 0.0482. The normalized spacial score (nSPS) is 15.8. The van der Waals surface area contributed by atoms with Crippen LogP contribution in [0.1, 0.15) is 41.9 Å². The molecular formula is C38H39N7O7S. The number of aromatic nitrogens is 1. The summed E-state index contributed by atoms with van der Waals surface area (Å²) in [5.74, 6) is 0.343. The molecule has 15 heteroatoms. The highest BCUT2D eigenvalue weighted by Gasteiger charge is 2.36. The van der Waals surface area contributed by atoms with Gasteiger partial charge in [-0.25, -0.2) is 14.6 Å². The highest BCUT2D eigenvalue weighted by atomic mass is 32.1. The molecule has 5 amide bonds. The molecule has 4 heterocycles. The molecule has 0 radical (unpaired) electrons. The van der Waals surface area contributed by atoms with Crippen molar-refractivity contribution in [3.05, 3.63) is 82.9 Å². The van der Waals surface area contributed by atoms with Crippen LogP contribution in [0.15, 0.2) is 72.4 Å². The van der Waals surface area contributed by atoms with Crippen LogP contribution in [0.2, 0.25) is 0 Å². The van der Waals surface area contributed by atoms with Crippen molar-refractivity contribution in [2.24, 2.45) is 0 Å². The number of amides is 5. The molecule has 0 aliphatic carbocycles. The van der Waals surface area contributed by atoms with Crippen molar-refractivity contribution >= 4 is 62.6 Å². The molecule has 1 atom stereocenters. The van der Waals surface area contributed by atoms with Gasteiger partial charge in [0.05, 0.1) is 34.6 Å². The Bertz CT molecular complexity index is 2140. The Morgan fingerprint density at radius 1 is 1.17 bits per heavy atom. The lowest BCUT2D eigenvalue weighted by Crippen LogP contribution is -2.51. The Labute approximate surface area is 310 Å². The van der Waals surface area contributed by atoms with Crippen molar-refractivity contribution in [2.75, 3.05) is 43.6 Å². The number of nitrogens with zero attached hydrogens (tertiary/aromatic N) is 5. The van der Waals surface area contributed by atoms with Crippen LogP contribution in [-0.4, -0.2) is 88.8 Å². The molecule has 3 N–H and O–H groups in total. The zero-order valence-corrected chi connectivity index (χ0v) is 30.5. The predicted octanol–water partition coefficient (Wildman–Crippen LogP) is 6.66. The molecule has 1 unspecified atom stereocenters. The molecular weight excluding hydrogens is 699 g/mol. The van der Waals surface area contributed by atoms with E-state index < -0.39 is 35.5 Å². The van der Waals surface area contributed by atoms with Crippen LogP contribution in [0.5, 0.6) is 11.5 Å². The number of thiophene rings is 1. The number of rotatable bonds is 11. The van der Waals surface area contributed by atoms with E-state index >= 15 is 0 Å². The number of pyridine rings is 1. The number of piperidine rings is 1. The molecule has 53 heavy (non-hydrogen) atoms. The van der Waals surface area contributed by atoms with E-state index in [9.17, 15) is 29.5 Å². The van der Waals surface area contributed by atoms with Gasteiger partial charge in [-0.15, -0.1) is 11.3 Å². The average molecular weight is 738 g/mol. The third kappa shape index (κ3) is 7.64. The summed E-state index contributed by atoms with van der Waals surface area (Å²) < 4.78 is 11.0. The first-order chi connectivity index (χ1) is 25.4. The molecule has 1 fully saturated rings. The van der Waals surface area contributed by atoms with E-state index in [4.69, 9.17) is 9.47 Å². The number of methoxy groups -OCH3 is 1. The summed E-state index contributed by atoms with van der Waals surface area (Å²) in [4.78, 5) is 62.6. The minimum Gasteiger partial charge on any atom is -0.465 e. The lowest BCUT2D eigenvalue weighted by molar-refractivity contribution is -0.128. The highest BCUT2D eigenvalue weighted by molar-refractivity contribution is 7.21. The van der Waals surface area contributed by atoms with E-state index in [1.165, 1.54) is 18.1 Å². The Hall–Kier alpha value is -5.98. The van der Waals surface area contributed by atoms with Crippen LogP contribution >= 0.6 is 11.3 Å². The number of urea groups is 1. The number of hydrogen-bond acceptors (Lipinski definition) is 9. The molecule has 0 spiro atoms. The summed E-state index contributed by atoms with van der Waals surface area (Å²) in [5.41, 5.74) is 1.02. The maximum Gasteiger partial charge on any atom is 0.408 e. The second-order valence-corrected chi connectivity index (χ2v) is 14.3. The van der Waals surface area contributed by atoms with Crippen LogP contribution in [0, 0.1) is 18.3 Å². The Morgan fingerprint density at radius 3 is 2.64 bits per heavy atom. The van der Waals surface area contributed by atoms with Gasteiger partial charge < -0.3 is 30.1 Å². The number of hydrogen-bond donors (Lipinski definition) is 3. The van der Waals surface area contributed by atoms with Gasteiger partial charge in [0.1, 0.15) is 32.8 Å². The molecule has 0 bridgehead atoms. The molecule has 2 aliphatic heterocycles. The number of aryl methyl sites for hydroxylation is 1. The maximum absolute atomic E-state index is 13.8. The number of likely N-dealkylation sites (tertiary alicyclic amines) is 1. The van der Waals surface area contributed by atoms with E-state index in [0.29, 0.717) is 58.2 Å². The second-order valence-electron chi connectivity index (χ2n) is 13.3. The Morgan fingerprint density at radius 2 is 1.94 bits per heavy atom. The smallest absolute Gasteiger partial charge is 0.408 e. The number of carbonyl (C=O) groups excluding carboxylic acids is 3. The quantitative estimate of drug-likeness (QED) is 0.112. The topological polar surface area (TPSA) is 177 Å². The van der Waals surface area contributed by atoms with Crippen molar-refractivity contribution in [1.29, 1.82) is 5.26 Å². The first kappa shape index (κ1) is 36.8. The van der Waals surface area contributed by atoms with Crippen molar-refractivity contribution in [2.45, 2.75) is 45.2 Å². The summed E-state index contributed by atoms with van der Waals surface area (Å²) in [5, 5.41) is 26.3. The molecule has 0 saturated carbocycles. The number of carboxylic acid groups (broad SMARTS) is 1. The van der Waals surface area contributed by atoms with Crippen LogP contribution in [0.4, 0.5) is 26.7 Å². The SMILES string of the molecule is COCCN(C(=O)O)C(C)(C)C=C(C#N)C(=O)N1CCCC(NC(=O)c2sc3nccc4c3c2NC(=O)N4c2ccc(Oc3ccccc3)cc2C)C1. The van der Waals surface area contributed by atoms with Crippen molar-refractivity contribution < 1.29 is 33.8 Å². The average Bonchev–Trinajstić information content (AvgIpc) is 3.51. The van der Waals surface area contributed by atoms with E-state index in [-0.39, 0.29) is 30.1 Å². The summed E-state index contributed by atoms with van der Waals surface area (Å²) in [6.45, 7) is 5.80. The molecule has 4 aromatic rings. The largest absolute Gasteiger partial charge is 0.465 e. The number of nitrogens with one attached hydrogen (secondary N) is 2. The molecule has 1 saturated heterocycles. The van der Waals surface area contributed by atoms with E-state index in [1.54, 1.807) is 37.1 Å². The molecule has 2 aromatic heterocycles. The van der Waals surface area contributed by atoms with Gasteiger partial charge in [0.15, 0.2) is 0 Å². The monoisotopic (exact) mass is 737 g/mol. The van der Waals surface area contributed by atoms with E-state index in [2.05, 4.69) is 15.6 Å².